The minimum atomic E-state index is -0.590. The summed E-state index contributed by atoms with van der Waals surface area (Å²) in [4.78, 5) is 4.68. The summed E-state index contributed by atoms with van der Waals surface area (Å²) in [6.07, 6.45) is -0.590. The molecule has 1 unspecified atom stereocenters. The number of rotatable bonds is 3. The SMILES string of the molecule is Cc1ccc(C)c(Cn2c(C(C)O)nc3cc(C)c(C)cc32)c1. The highest BCUT2D eigenvalue weighted by atomic mass is 16.3. The third-order valence-electron chi connectivity index (χ3n) is 4.60. The zero-order chi connectivity index (χ0) is 16.7. The number of imidazole rings is 1. The summed E-state index contributed by atoms with van der Waals surface area (Å²) in [5.74, 6) is 0.728. The molecule has 0 aliphatic carbocycles. The number of hydrogen-bond acceptors (Lipinski definition) is 2. The first-order valence-electron chi connectivity index (χ1n) is 8.08. The van der Waals surface area contributed by atoms with Crippen LogP contribution in [0.15, 0.2) is 30.3 Å². The fourth-order valence-corrected chi connectivity index (χ4v) is 3.02. The van der Waals surface area contributed by atoms with Crippen molar-refractivity contribution in [2.24, 2.45) is 0 Å². The van der Waals surface area contributed by atoms with Crippen molar-refractivity contribution in [1.29, 1.82) is 0 Å². The quantitative estimate of drug-likeness (QED) is 0.780. The lowest BCUT2D eigenvalue weighted by Crippen LogP contribution is -2.09. The van der Waals surface area contributed by atoms with Crippen molar-refractivity contribution in [1.82, 2.24) is 9.55 Å². The van der Waals surface area contributed by atoms with Gasteiger partial charge in [-0.1, -0.05) is 23.8 Å². The fourth-order valence-electron chi connectivity index (χ4n) is 3.02. The average Bonchev–Trinajstić information content (AvgIpc) is 2.82. The predicted molar refractivity (Wildman–Crippen MR) is 94.9 cm³/mol. The van der Waals surface area contributed by atoms with Gasteiger partial charge in [0.05, 0.1) is 11.0 Å². The number of aromatic nitrogens is 2. The molecular weight excluding hydrogens is 284 g/mol. The highest BCUT2D eigenvalue weighted by molar-refractivity contribution is 5.78. The van der Waals surface area contributed by atoms with Gasteiger partial charge < -0.3 is 9.67 Å². The maximum absolute atomic E-state index is 10.2. The molecule has 23 heavy (non-hydrogen) atoms. The second-order valence-corrected chi connectivity index (χ2v) is 6.59. The summed E-state index contributed by atoms with van der Waals surface area (Å²) >= 11 is 0. The Bertz CT molecular complexity index is 875. The first-order valence-corrected chi connectivity index (χ1v) is 8.08. The van der Waals surface area contributed by atoms with Crippen LogP contribution < -0.4 is 0 Å². The molecule has 0 bridgehead atoms. The largest absolute Gasteiger partial charge is 0.385 e. The van der Waals surface area contributed by atoms with Crippen molar-refractivity contribution in [2.45, 2.75) is 47.3 Å². The van der Waals surface area contributed by atoms with E-state index < -0.39 is 6.10 Å². The standard InChI is InChI=1S/C20H24N2O/c1-12-6-7-13(2)17(8-12)11-22-19-10-15(4)14(3)9-18(19)21-20(22)16(5)23/h6-10,16,23H,11H2,1-5H3. The van der Waals surface area contributed by atoms with E-state index in [0.29, 0.717) is 0 Å². The second-order valence-electron chi connectivity index (χ2n) is 6.59. The van der Waals surface area contributed by atoms with Crippen molar-refractivity contribution in [3.8, 4) is 0 Å². The van der Waals surface area contributed by atoms with E-state index in [0.717, 1.165) is 23.4 Å². The minimum Gasteiger partial charge on any atom is -0.385 e. The van der Waals surface area contributed by atoms with Gasteiger partial charge >= 0.3 is 0 Å². The van der Waals surface area contributed by atoms with Crippen molar-refractivity contribution >= 4 is 11.0 Å². The molecule has 120 valence electrons. The Labute approximate surface area is 137 Å². The van der Waals surface area contributed by atoms with Crippen LogP contribution in [0.2, 0.25) is 0 Å². The summed E-state index contributed by atoms with van der Waals surface area (Å²) < 4.78 is 2.15. The van der Waals surface area contributed by atoms with Gasteiger partial charge in [-0.25, -0.2) is 4.98 Å². The van der Waals surface area contributed by atoms with Crippen LogP contribution in [-0.4, -0.2) is 14.7 Å². The molecule has 3 nitrogen and oxygen atoms in total. The Hall–Kier alpha value is -2.13. The summed E-state index contributed by atoms with van der Waals surface area (Å²) in [6, 6.07) is 10.8. The van der Waals surface area contributed by atoms with E-state index in [9.17, 15) is 5.11 Å². The highest BCUT2D eigenvalue weighted by Crippen LogP contribution is 2.26. The molecule has 3 rings (SSSR count). The molecule has 0 fully saturated rings. The maximum Gasteiger partial charge on any atom is 0.138 e. The Morgan fingerprint density at radius 2 is 1.70 bits per heavy atom. The molecule has 1 aromatic heterocycles. The van der Waals surface area contributed by atoms with Gasteiger partial charge in [0.15, 0.2) is 0 Å². The molecule has 1 heterocycles. The van der Waals surface area contributed by atoms with Crippen LogP contribution in [0.4, 0.5) is 0 Å². The maximum atomic E-state index is 10.2. The van der Waals surface area contributed by atoms with Crippen LogP contribution in [0.1, 0.15) is 46.7 Å². The van der Waals surface area contributed by atoms with Crippen LogP contribution in [0.5, 0.6) is 0 Å². The summed E-state index contributed by atoms with van der Waals surface area (Å²) in [5.41, 5.74) is 8.30. The number of aliphatic hydroxyl groups is 1. The van der Waals surface area contributed by atoms with Crippen molar-refractivity contribution < 1.29 is 5.11 Å². The van der Waals surface area contributed by atoms with Gasteiger partial charge in [0.1, 0.15) is 11.9 Å². The van der Waals surface area contributed by atoms with Gasteiger partial charge in [0, 0.05) is 6.54 Å². The molecule has 3 aromatic rings. The van der Waals surface area contributed by atoms with Crippen molar-refractivity contribution in [2.75, 3.05) is 0 Å². The van der Waals surface area contributed by atoms with Gasteiger partial charge in [-0.05, 0) is 69.0 Å². The molecule has 0 aliphatic heterocycles. The zero-order valence-electron chi connectivity index (χ0n) is 14.5. The molecule has 0 aliphatic rings. The molecular formula is C20H24N2O. The topological polar surface area (TPSA) is 38.0 Å². The van der Waals surface area contributed by atoms with Crippen LogP contribution in [0.25, 0.3) is 11.0 Å². The smallest absolute Gasteiger partial charge is 0.138 e. The number of fused-ring (bicyclic) bond motifs is 1. The average molecular weight is 308 g/mol. The molecule has 0 saturated heterocycles. The van der Waals surface area contributed by atoms with Crippen molar-refractivity contribution in [3.63, 3.8) is 0 Å². The predicted octanol–water partition coefficient (Wildman–Crippen LogP) is 4.37. The van der Waals surface area contributed by atoms with Gasteiger partial charge in [-0.3, -0.25) is 0 Å². The van der Waals surface area contributed by atoms with Gasteiger partial charge in [-0.2, -0.15) is 0 Å². The third kappa shape index (κ3) is 2.89. The van der Waals surface area contributed by atoms with Gasteiger partial charge in [-0.15, -0.1) is 0 Å². The molecule has 1 N–H and O–H groups in total. The Morgan fingerprint density at radius 1 is 1.00 bits per heavy atom. The van der Waals surface area contributed by atoms with Gasteiger partial charge in [0.25, 0.3) is 0 Å². The van der Waals surface area contributed by atoms with E-state index >= 15 is 0 Å². The lowest BCUT2D eigenvalue weighted by Gasteiger charge is -2.14. The Kier molecular flexibility index (Phi) is 3.99. The number of aliphatic hydroxyl groups excluding tert-OH is 1. The fraction of sp³-hybridized carbons (Fsp3) is 0.350. The molecule has 0 radical (unpaired) electrons. The van der Waals surface area contributed by atoms with Crippen LogP contribution in [0, 0.1) is 27.7 Å². The second kappa shape index (κ2) is 5.82. The van der Waals surface area contributed by atoms with E-state index in [1.807, 2.05) is 0 Å². The van der Waals surface area contributed by atoms with E-state index in [1.54, 1.807) is 6.92 Å². The summed E-state index contributed by atoms with van der Waals surface area (Å²) in [5, 5.41) is 10.2. The number of benzene rings is 2. The van der Waals surface area contributed by atoms with Crippen LogP contribution in [0.3, 0.4) is 0 Å². The van der Waals surface area contributed by atoms with Crippen LogP contribution >= 0.6 is 0 Å². The van der Waals surface area contributed by atoms with Gasteiger partial charge in [0.2, 0.25) is 0 Å². The van der Waals surface area contributed by atoms with E-state index in [1.165, 1.54) is 27.8 Å². The number of nitrogens with zero attached hydrogens (tertiary/aromatic N) is 2. The Morgan fingerprint density at radius 3 is 2.39 bits per heavy atom. The molecule has 0 amide bonds. The van der Waals surface area contributed by atoms with Crippen LogP contribution in [-0.2, 0) is 6.54 Å². The zero-order valence-corrected chi connectivity index (χ0v) is 14.5. The monoisotopic (exact) mass is 308 g/mol. The lowest BCUT2D eigenvalue weighted by molar-refractivity contribution is 0.185. The molecule has 0 saturated carbocycles. The third-order valence-corrected chi connectivity index (χ3v) is 4.60. The lowest BCUT2D eigenvalue weighted by atomic mass is 10.1. The summed E-state index contributed by atoms with van der Waals surface area (Å²) in [7, 11) is 0. The molecule has 2 aromatic carbocycles. The molecule has 0 spiro atoms. The normalized spacial score (nSPS) is 12.8. The van der Waals surface area contributed by atoms with Crippen molar-refractivity contribution in [3.05, 3.63) is 64.0 Å². The summed E-state index contributed by atoms with van der Waals surface area (Å²) in [6.45, 7) is 11.0. The minimum absolute atomic E-state index is 0.590. The highest BCUT2D eigenvalue weighted by Gasteiger charge is 2.16. The van der Waals surface area contributed by atoms with E-state index in [2.05, 4.69) is 67.6 Å². The Balaban J connectivity index is 2.20. The first-order chi connectivity index (χ1) is 10.9. The molecule has 1 atom stereocenters. The molecule has 3 heteroatoms. The first kappa shape index (κ1) is 15.8. The number of hydrogen-bond donors (Lipinski definition) is 1. The van der Waals surface area contributed by atoms with E-state index in [4.69, 9.17) is 0 Å². The van der Waals surface area contributed by atoms with E-state index in [-0.39, 0.29) is 0 Å². The number of aryl methyl sites for hydroxylation is 4.